The average Bonchev–Trinajstić information content (AvgIpc) is 3.33. The molecule has 0 aromatic heterocycles. The molecule has 0 aromatic carbocycles. The molecule has 0 unspecified atom stereocenters. The van der Waals surface area contributed by atoms with Gasteiger partial charge in [-0.05, 0) is 81.3 Å². The zero-order valence-corrected chi connectivity index (χ0v) is 48.9. The van der Waals surface area contributed by atoms with Gasteiger partial charge in [0.15, 0.2) is 12.6 Å². The van der Waals surface area contributed by atoms with Gasteiger partial charge in [-0.15, -0.1) is 0 Å². The van der Waals surface area contributed by atoms with Crippen molar-refractivity contribution in [1.82, 2.24) is 4.90 Å². The SMILES string of the molecule is CCCCCCCCCCCCCCCCCCOS(=O)(=O)O.CC[C@H]1OC(=O)[C@H](C)[C@@H](O[C@H]2C[C@@](C)(OC)[C@@H](O)[C@H](C)O2)[C@H](C)[C@@H](O[C@@H]2O[C@H](C)C[C@H](N(C)C)[C@H]2O)[C@](C)(O)C[C@@H](C)C(=O)[C@H](C)[C@@H](O)[C@]1(C)O. The maximum Gasteiger partial charge on any atom is 0.397 e. The van der Waals surface area contributed by atoms with Crippen molar-refractivity contribution in [3.8, 4) is 0 Å². The normalized spacial score (nSPS) is 38.0. The molecule has 18 nitrogen and oxygen atoms in total. The van der Waals surface area contributed by atoms with E-state index in [0.717, 1.165) is 12.8 Å². The maximum atomic E-state index is 14.1. The number of hydrogen-bond donors (Lipinski definition) is 6. The van der Waals surface area contributed by atoms with Crippen molar-refractivity contribution in [3.63, 3.8) is 0 Å². The lowest BCUT2D eigenvalue weighted by Gasteiger charge is -2.49. The Balaban J connectivity index is 0.000000684. The summed E-state index contributed by atoms with van der Waals surface area (Å²) in [5, 5.41) is 57.6. The standard InChI is InChI=1S/C37H67NO13.C18H38O4S/c1-14-25-37(10,45)30(41)20(4)27(39)18(2)16-35(8,44)32(51-34-28(40)24(38(11)12)15-19(3)47-34)21(5)29(22(6)33(43)49-25)50-26-17-36(9,46-13)31(42)23(7)48-26;1-2-3-4-5-6-7-8-9-10-11-12-13-14-15-16-17-18-22-23(19,20)21/h18-26,28-32,34,40-42,44-45H,14-17H2,1-13H3;2-18H2,1H3,(H,19,20,21)/t18-,19-,20+,21+,22-,23+,24+,25-,26+,28-,29+,30-,31+,32-,34+,35-,36-,37-;/m1./s1. The second kappa shape index (κ2) is 32.6. The largest absolute Gasteiger partial charge is 0.459 e. The van der Waals surface area contributed by atoms with E-state index in [1.807, 2.05) is 25.9 Å². The minimum atomic E-state index is -4.24. The Morgan fingerprint density at radius 2 is 1.23 bits per heavy atom. The number of cyclic esters (lactones) is 1. The van der Waals surface area contributed by atoms with Crippen molar-refractivity contribution in [2.24, 2.45) is 23.7 Å². The van der Waals surface area contributed by atoms with Crippen LogP contribution in [0.25, 0.3) is 0 Å². The first kappa shape index (κ1) is 68.7. The van der Waals surface area contributed by atoms with Crippen LogP contribution in [0.1, 0.15) is 205 Å². The highest BCUT2D eigenvalue weighted by Crippen LogP contribution is 2.41. The zero-order chi connectivity index (χ0) is 56.2. The molecule has 19 heteroatoms. The lowest BCUT2D eigenvalue weighted by molar-refractivity contribution is -0.318. The van der Waals surface area contributed by atoms with Crippen LogP contribution in [0.2, 0.25) is 0 Å². The van der Waals surface area contributed by atoms with E-state index in [0.29, 0.717) is 12.8 Å². The minimum Gasteiger partial charge on any atom is -0.459 e. The molecular formula is C55H105NO17S. The third-order valence-electron chi connectivity index (χ3n) is 16.1. The van der Waals surface area contributed by atoms with E-state index < -0.39 is 118 Å². The van der Waals surface area contributed by atoms with Crippen LogP contribution in [-0.2, 0) is 52.6 Å². The topological polar surface area (TPSA) is 258 Å². The summed E-state index contributed by atoms with van der Waals surface area (Å²) >= 11 is 0. The minimum absolute atomic E-state index is 0.0936. The van der Waals surface area contributed by atoms with Gasteiger partial charge in [0.25, 0.3) is 0 Å². The van der Waals surface area contributed by atoms with Gasteiger partial charge in [0.1, 0.15) is 29.7 Å². The smallest absolute Gasteiger partial charge is 0.397 e. The van der Waals surface area contributed by atoms with Gasteiger partial charge in [0.2, 0.25) is 0 Å². The third-order valence-corrected chi connectivity index (χ3v) is 16.5. The number of carbonyl (C=O) groups is 2. The number of esters is 1. The highest BCUT2D eigenvalue weighted by atomic mass is 32.3. The van der Waals surface area contributed by atoms with Crippen molar-refractivity contribution in [2.75, 3.05) is 27.8 Å². The van der Waals surface area contributed by atoms with Crippen molar-refractivity contribution in [3.05, 3.63) is 0 Å². The molecule has 0 saturated carbocycles. The van der Waals surface area contributed by atoms with Crippen LogP contribution >= 0.6 is 0 Å². The van der Waals surface area contributed by atoms with Crippen molar-refractivity contribution >= 4 is 22.2 Å². The Kier molecular flexibility index (Phi) is 30.3. The predicted molar refractivity (Wildman–Crippen MR) is 283 cm³/mol. The summed E-state index contributed by atoms with van der Waals surface area (Å²) < 4.78 is 70.4. The lowest BCUT2D eigenvalue weighted by atomic mass is 9.74. The van der Waals surface area contributed by atoms with Crippen LogP contribution < -0.4 is 0 Å². The van der Waals surface area contributed by atoms with Crippen LogP contribution in [-0.4, -0.2) is 167 Å². The van der Waals surface area contributed by atoms with E-state index in [2.05, 4.69) is 11.1 Å². The summed E-state index contributed by atoms with van der Waals surface area (Å²) in [5.74, 6) is -4.98. The molecule has 0 spiro atoms. The predicted octanol–water partition coefficient (Wildman–Crippen LogP) is 7.85. The zero-order valence-electron chi connectivity index (χ0n) is 48.0. The number of hydrogen-bond acceptors (Lipinski definition) is 17. The first-order valence-corrected chi connectivity index (χ1v) is 29.5. The molecule has 438 valence electrons. The van der Waals surface area contributed by atoms with E-state index in [9.17, 15) is 43.5 Å². The molecule has 3 aliphatic rings. The number of aliphatic hydroxyl groups excluding tert-OH is 3. The van der Waals surface area contributed by atoms with Crippen molar-refractivity contribution in [1.29, 1.82) is 0 Å². The molecule has 3 rings (SSSR count). The molecule has 0 aromatic rings. The quantitative estimate of drug-likeness (QED) is 0.0289. The van der Waals surface area contributed by atoms with E-state index in [-0.39, 0.29) is 38.0 Å². The molecule has 18 atom stereocenters. The number of likely N-dealkylation sites (N-methyl/N-ethyl adjacent to an activating group) is 1. The summed E-state index contributed by atoms with van der Waals surface area (Å²) in [6.45, 7) is 18.7. The summed E-state index contributed by atoms with van der Waals surface area (Å²) in [6.07, 6.45) is 10.8. The number of unbranched alkanes of at least 4 members (excludes halogenated alkanes) is 15. The van der Waals surface area contributed by atoms with E-state index in [4.69, 9.17) is 33.0 Å². The first-order chi connectivity index (χ1) is 34.5. The summed E-state index contributed by atoms with van der Waals surface area (Å²) in [5.41, 5.74) is -4.84. The second-order valence-electron chi connectivity index (χ2n) is 23.0. The van der Waals surface area contributed by atoms with Gasteiger partial charge in [-0.3, -0.25) is 14.1 Å². The van der Waals surface area contributed by atoms with Crippen molar-refractivity contribution in [2.45, 2.75) is 289 Å². The lowest BCUT2D eigenvalue weighted by Crippen LogP contribution is -2.61. The van der Waals surface area contributed by atoms with Gasteiger partial charge in [-0.2, -0.15) is 8.42 Å². The van der Waals surface area contributed by atoms with Gasteiger partial charge < -0.3 is 58.9 Å². The Labute approximate surface area is 446 Å². The fourth-order valence-corrected chi connectivity index (χ4v) is 11.6. The molecule has 3 heterocycles. The Bertz CT molecular complexity index is 1700. The molecule has 3 aliphatic heterocycles. The molecule has 0 aliphatic carbocycles. The molecule has 3 fully saturated rings. The fraction of sp³-hybridized carbons (Fsp3) is 0.964. The molecule has 0 radical (unpaired) electrons. The van der Waals surface area contributed by atoms with E-state index >= 15 is 0 Å². The molecule has 3 saturated heterocycles. The van der Waals surface area contributed by atoms with Crippen LogP contribution in [0, 0.1) is 23.7 Å². The molecule has 74 heavy (non-hydrogen) atoms. The number of ether oxygens (including phenoxy) is 6. The van der Waals surface area contributed by atoms with Gasteiger partial charge in [0, 0.05) is 37.3 Å². The number of Topliss-reactive ketones (excluding diaryl/α,β-unsaturated/α-hetero) is 1. The van der Waals surface area contributed by atoms with E-state index in [1.54, 1.807) is 41.5 Å². The van der Waals surface area contributed by atoms with Crippen LogP contribution in [0.4, 0.5) is 0 Å². The van der Waals surface area contributed by atoms with E-state index in [1.165, 1.54) is 111 Å². The highest BCUT2D eigenvalue weighted by molar-refractivity contribution is 7.80. The third kappa shape index (κ3) is 21.7. The Morgan fingerprint density at radius 3 is 1.70 bits per heavy atom. The maximum absolute atomic E-state index is 14.1. The number of rotatable bonds is 25. The van der Waals surface area contributed by atoms with Gasteiger partial charge in [-0.1, -0.05) is 131 Å². The Morgan fingerprint density at radius 1 is 0.716 bits per heavy atom. The number of nitrogens with zero attached hydrogens (tertiary/aromatic N) is 1. The number of methoxy groups -OCH3 is 1. The van der Waals surface area contributed by atoms with Crippen LogP contribution in [0.15, 0.2) is 0 Å². The van der Waals surface area contributed by atoms with Gasteiger partial charge in [-0.25, -0.2) is 4.18 Å². The number of carbonyl (C=O) groups excluding carboxylic acids is 2. The molecule has 0 bridgehead atoms. The monoisotopic (exact) mass is 1080 g/mol. The van der Waals surface area contributed by atoms with Crippen molar-refractivity contribution < 1.29 is 80.7 Å². The van der Waals surface area contributed by atoms with Crippen LogP contribution in [0.3, 0.4) is 0 Å². The fourth-order valence-electron chi connectivity index (χ4n) is 11.2. The highest BCUT2D eigenvalue weighted by Gasteiger charge is 2.53. The molecule has 0 amide bonds. The van der Waals surface area contributed by atoms with Gasteiger partial charge >= 0.3 is 16.4 Å². The Hall–Kier alpha value is -1.43. The molecule has 6 N–H and O–H groups in total. The summed E-state index contributed by atoms with van der Waals surface area (Å²) in [6, 6.07) is -0.324. The van der Waals surface area contributed by atoms with Crippen LogP contribution in [0.5, 0.6) is 0 Å². The van der Waals surface area contributed by atoms with Gasteiger partial charge in [0.05, 0.1) is 54.2 Å². The summed E-state index contributed by atoms with van der Waals surface area (Å²) in [7, 11) is 0.932. The summed E-state index contributed by atoms with van der Waals surface area (Å²) in [4.78, 5) is 29.8. The first-order valence-electron chi connectivity index (χ1n) is 28.2. The second-order valence-corrected chi connectivity index (χ2v) is 24.1. The number of ketones is 1. The number of aliphatic hydroxyl groups is 5. The average molecular weight is 1080 g/mol. The molecular weight excluding hydrogens is 979 g/mol.